The molecule has 114 valence electrons. The summed E-state index contributed by atoms with van der Waals surface area (Å²) >= 11 is 0. The average molecular weight is 287 g/mol. The minimum Gasteiger partial charge on any atom is -0.361 e. The van der Waals surface area contributed by atoms with Crippen molar-refractivity contribution in [2.24, 2.45) is 5.73 Å². The maximum Gasteiger partial charge on any atom is 0.237 e. The number of aromatic nitrogens is 1. The van der Waals surface area contributed by atoms with Gasteiger partial charge in [0.25, 0.3) is 0 Å². The van der Waals surface area contributed by atoms with Gasteiger partial charge >= 0.3 is 0 Å². The molecule has 0 saturated carbocycles. The Balaban J connectivity index is 2.07. The Labute approximate surface area is 126 Å². The molecule has 0 bridgehead atoms. The van der Waals surface area contributed by atoms with Gasteiger partial charge in [-0.25, -0.2) is 0 Å². The van der Waals surface area contributed by atoms with E-state index in [0.29, 0.717) is 6.42 Å². The SMILES string of the molecule is CCC(C)(CC)NC(=O)C(N)Cc1c[nH]c2ccccc12. The summed E-state index contributed by atoms with van der Waals surface area (Å²) in [6, 6.07) is 7.53. The molecule has 4 heteroatoms. The first-order valence-electron chi connectivity index (χ1n) is 7.61. The van der Waals surface area contributed by atoms with E-state index in [2.05, 4.69) is 31.1 Å². The maximum atomic E-state index is 12.3. The van der Waals surface area contributed by atoms with E-state index in [1.54, 1.807) is 0 Å². The van der Waals surface area contributed by atoms with Crippen LogP contribution in [0.3, 0.4) is 0 Å². The van der Waals surface area contributed by atoms with Gasteiger partial charge in [-0.1, -0.05) is 32.0 Å². The molecule has 0 aliphatic rings. The molecule has 0 aliphatic carbocycles. The van der Waals surface area contributed by atoms with Crippen LogP contribution in [0.1, 0.15) is 39.2 Å². The highest BCUT2D eigenvalue weighted by Gasteiger charge is 2.25. The number of carbonyl (C=O) groups excluding carboxylic acids is 1. The number of carbonyl (C=O) groups is 1. The summed E-state index contributed by atoms with van der Waals surface area (Å²) in [7, 11) is 0. The van der Waals surface area contributed by atoms with E-state index in [-0.39, 0.29) is 11.4 Å². The number of nitrogens with one attached hydrogen (secondary N) is 2. The van der Waals surface area contributed by atoms with Crippen LogP contribution in [-0.4, -0.2) is 22.5 Å². The molecule has 1 heterocycles. The fraction of sp³-hybridized carbons (Fsp3) is 0.471. The molecule has 2 aromatic rings. The topological polar surface area (TPSA) is 70.9 Å². The molecular formula is C17H25N3O. The molecule has 1 unspecified atom stereocenters. The summed E-state index contributed by atoms with van der Waals surface area (Å²) in [5.74, 6) is -0.0773. The first kappa shape index (κ1) is 15.6. The second-order valence-corrected chi connectivity index (χ2v) is 5.93. The normalized spacial score (nSPS) is 13.3. The number of benzene rings is 1. The van der Waals surface area contributed by atoms with Gasteiger partial charge in [-0.3, -0.25) is 4.79 Å². The number of fused-ring (bicyclic) bond motifs is 1. The van der Waals surface area contributed by atoms with Crippen LogP contribution in [0.2, 0.25) is 0 Å². The molecule has 0 radical (unpaired) electrons. The van der Waals surface area contributed by atoms with Crippen LogP contribution in [-0.2, 0) is 11.2 Å². The van der Waals surface area contributed by atoms with Crippen LogP contribution in [0.15, 0.2) is 30.5 Å². The van der Waals surface area contributed by atoms with Crippen molar-refractivity contribution in [3.05, 3.63) is 36.0 Å². The first-order valence-corrected chi connectivity index (χ1v) is 7.61. The zero-order chi connectivity index (χ0) is 15.5. The van der Waals surface area contributed by atoms with E-state index < -0.39 is 6.04 Å². The molecule has 1 atom stereocenters. The van der Waals surface area contributed by atoms with Crippen LogP contribution in [0.4, 0.5) is 0 Å². The summed E-state index contributed by atoms with van der Waals surface area (Å²) in [5, 5.41) is 4.21. The molecule has 0 aliphatic heterocycles. The zero-order valence-corrected chi connectivity index (χ0v) is 13.1. The second kappa shape index (κ2) is 6.31. The summed E-state index contributed by atoms with van der Waals surface area (Å²) in [6.07, 6.45) is 4.28. The fourth-order valence-corrected chi connectivity index (χ4v) is 2.45. The number of amides is 1. The van der Waals surface area contributed by atoms with E-state index in [1.165, 1.54) is 0 Å². The Morgan fingerprint density at radius 3 is 2.67 bits per heavy atom. The minimum absolute atomic E-state index is 0.0773. The number of hydrogen-bond acceptors (Lipinski definition) is 2. The minimum atomic E-state index is -0.526. The predicted molar refractivity (Wildman–Crippen MR) is 87.1 cm³/mol. The largest absolute Gasteiger partial charge is 0.361 e. The highest BCUT2D eigenvalue weighted by atomic mass is 16.2. The van der Waals surface area contributed by atoms with Crippen molar-refractivity contribution in [1.29, 1.82) is 0 Å². The van der Waals surface area contributed by atoms with Gasteiger partial charge < -0.3 is 16.0 Å². The molecular weight excluding hydrogens is 262 g/mol. The third-order valence-corrected chi connectivity index (χ3v) is 4.44. The Morgan fingerprint density at radius 1 is 1.33 bits per heavy atom. The van der Waals surface area contributed by atoms with Crippen LogP contribution in [0.5, 0.6) is 0 Å². The quantitative estimate of drug-likeness (QED) is 0.764. The first-order chi connectivity index (χ1) is 9.99. The van der Waals surface area contributed by atoms with E-state index >= 15 is 0 Å². The number of aromatic amines is 1. The van der Waals surface area contributed by atoms with Gasteiger partial charge in [0, 0.05) is 22.6 Å². The summed E-state index contributed by atoms with van der Waals surface area (Å²) < 4.78 is 0. The van der Waals surface area contributed by atoms with Gasteiger partial charge in [-0.2, -0.15) is 0 Å². The monoisotopic (exact) mass is 287 g/mol. The van der Waals surface area contributed by atoms with Crippen molar-refractivity contribution in [3.8, 4) is 0 Å². The Hall–Kier alpha value is -1.81. The number of rotatable bonds is 6. The molecule has 1 aromatic heterocycles. The van der Waals surface area contributed by atoms with Gasteiger partial charge in [-0.15, -0.1) is 0 Å². The molecule has 4 nitrogen and oxygen atoms in total. The number of nitrogens with two attached hydrogens (primary N) is 1. The molecule has 0 saturated heterocycles. The van der Waals surface area contributed by atoms with Gasteiger partial charge in [0.1, 0.15) is 0 Å². The highest BCUT2D eigenvalue weighted by Crippen LogP contribution is 2.19. The van der Waals surface area contributed by atoms with Gasteiger partial charge in [-0.05, 0) is 37.8 Å². The van der Waals surface area contributed by atoms with E-state index in [0.717, 1.165) is 29.3 Å². The zero-order valence-electron chi connectivity index (χ0n) is 13.1. The summed E-state index contributed by atoms with van der Waals surface area (Å²) in [6.45, 7) is 6.22. The number of hydrogen-bond donors (Lipinski definition) is 3. The maximum absolute atomic E-state index is 12.3. The van der Waals surface area contributed by atoms with Gasteiger partial charge in [0.2, 0.25) is 5.91 Å². The molecule has 1 amide bonds. The summed E-state index contributed by atoms with van der Waals surface area (Å²) in [4.78, 5) is 15.5. The van der Waals surface area contributed by atoms with E-state index in [1.807, 2.05) is 30.5 Å². The fourth-order valence-electron chi connectivity index (χ4n) is 2.45. The summed E-state index contributed by atoms with van der Waals surface area (Å²) in [5.41, 5.74) is 8.08. The Kier molecular flexibility index (Phi) is 4.68. The lowest BCUT2D eigenvalue weighted by molar-refractivity contribution is -0.124. The lowest BCUT2D eigenvalue weighted by atomic mass is 9.94. The molecule has 0 spiro atoms. The Morgan fingerprint density at radius 2 is 2.00 bits per heavy atom. The van der Waals surface area contributed by atoms with Crippen LogP contribution in [0, 0.1) is 0 Å². The van der Waals surface area contributed by atoms with Crippen molar-refractivity contribution in [3.63, 3.8) is 0 Å². The van der Waals surface area contributed by atoms with Crippen molar-refractivity contribution < 1.29 is 4.79 Å². The predicted octanol–water partition coefficient (Wildman–Crippen LogP) is 2.73. The third-order valence-electron chi connectivity index (χ3n) is 4.44. The van der Waals surface area contributed by atoms with E-state index in [9.17, 15) is 4.79 Å². The van der Waals surface area contributed by atoms with Crippen LogP contribution in [0.25, 0.3) is 10.9 Å². The van der Waals surface area contributed by atoms with Crippen molar-refractivity contribution >= 4 is 16.8 Å². The third kappa shape index (κ3) is 3.45. The number of H-pyrrole nitrogens is 1. The molecule has 0 fully saturated rings. The molecule has 21 heavy (non-hydrogen) atoms. The van der Waals surface area contributed by atoms with Crippen molar-refractivity contribution in [2.75, 3.05) is 0 Å². The van der Waals surface area contributed by atoms with Crippen molar-refractivity contribution in [1.82, 2.24) is 10.3 Å². The lowest BCUT2D eigenvalue weighted by Gasteiger charge is -2.29. The van der Waals surface area contributed by atoms with Gasteiger partial charge in [0.05, 0.1) is 6.04 Å². The second-order valence-electron chi connectivity index (χ2n) is 5.93. The van der Waals surface area contributed by atoms with E-state index in [4.69, 9.17) is 5.73 Å². The van der Waals surface area contributed by atoms with Crippen LogP contribution < -0.4 is 11.1 Å². The van der Waals surface area contributed by atoms with Gasteiger partial charge in [0.15, 0.2) is 0 Å². The van der Waals surface area contributed by atoms with Crippen molar-refractivity contribution in [2.45, 2.75) is 51.6 Å². The van der Waals surface area contributed by atoms with Crippen LogP contribution >= 0.6 is 0 Å². The Bertz CT molecular complexity index is 613. The highest BCUT2D eigenvalue weighted by molar-refractivity contribution is 5.86. The average Bonchev–Trinajstić information content (AvgIpc) is 2.90. The lowest BCUT2D eigenvalue weighted by Crippen LogP contribution is -2.52. The standard InChI is InChI=1S/C17H25N3O/c1-4-17(3,5-2)20-16(21)14(18)10-12-11-19-15-9-7-6-8-13(12)15/h6-9,11,14,19H,4-5,10,18H2,1-3H3,(H,20,21). The number of para-hydroxylation sites is 1. The molecule has 2 rings (SSSR count). The smallest absolute Gasteiger partial charge is 0.237 e. The molecule has 1 aromatic carbocycles. The molecule has 4 N–H and O–H groups in total.